The summed E-state index contributed by atoms with van der Waals surface area (Å²) in [4.78, 5) is 24.8. The van der Waals surface area contributed by atoms with Crippen LogP contribution in [0.25, 0.3) is 0 Å². The van der Waals surface area contributed by atoms with Gasteiger partial charge in [0.15, 0.2) is 0 Å². The average molecular weight is 310 g/mol. The highest BCUT2D eigenvalue weighted by Crippen LogP contribution is 2.26. The molecule has 2 fully saturated rings. The minimum atomic E-state index is 0.0452. The number of anilines is 1. The molecule has 114 valence electrons. The summed E-state index contributed by atoms with van der Waals surface area (Å²) in [5, 5.41) is 3.43. The fourth-order valence-corrected chi connectivity index (χ4v) is 3.14. The molecule has 0 radical (unpaired) electrons. The summed E-state index contributed by atoms with van der Waals surface area (Å²) in [6.45, 7) is 7.06. The van der Waals surface area contributed by atoms with Crippen LogP contribution in [0.1, 0.15) is 24.7 Å². The van der Waals surface area contributed by atoms with E-state index < -0.39 is 0 Å². The van der Waals surface area contributed by atoms with Gasteiger partial charge in [-0.05, 0) is 13.3 Å². The number of urea groups is 1. The second kappa shape index (κ2) is 5.67. The Hall–Kier alpha value is -1.56. The van der Waals surface area contributed by atoms with Gasteiger partial charge in [0.1, 0.15) is 16.8 Å². The molecule has 2 amide bonds. The zero-order valence-electron chi connectivity index (χ0n) is 12.4. The van der Waals surface area contributed by atoms with Crippen molar-refractivity contribution in [1.82, 2.24) is 20.2 Å². The molecule has 0 aliphatic carbocycles. The fraction of sp³-hybridized carbons (Fsp3) is 0.643. The van der Waals surface area contributed by atoms with Crippen LogP contribution in [-0.2, 0) is 6.42 Å². The highest BCUT2D eigenvalue weighted by molar-refractivity contribution is 6.30. The number of carbonyl (C=O) groups is 1. The van der Waals surface area contributed by atoms with Crippen molar-refractivity contribution in [2.45, 2.75) is 32.7 Å². The van der Waals surface area contributed by atoms with Crippen LogP contribution in [0.3, 0.4) is 0 Å². The van der Waals surface area contributed by atoms with Crippen molar-refractivity contribution < 1.29 is 4.79 Å². The number of hydrogen-bond acceptors (Lipinski definition) is 4. The van der Waals surface area contributed by atoms with Crippen LogP contribution in [0.2, 0.25) is 5.15 Å². The first-order valence-corrected chi connectivity index (χ1v) is 7.80. The van der Waals surface area contributed by atoms with Crippen molar-refractivity contribution >= 4 is 23.4 Å². The molecule has 0 bridgehead atoms. The second-order valence-corrected chi connectivity index (χ2v) is 5.97. The molecule has 6 nitrogen and oxygen atoms in total. The Morgan fingerprint density at radius 2 is 2.19 bits per heavy atom. The maximum atomic E-state index is 11.7. The molecule has 3 rings (SSSR count). The number of nitrogens with zero attached hydrogens (tertiary/aromatic N) is 4. The molecule has 1 N–H and O–H groups in total. The van der Waals surface area contributed by atoms with Gasteiger partial charge >= 0.3 is 6.03 Å². The van der Waals surface area contributed by atoms with Gasteiger partial charge in [-0.3, -0.25) is 0 Å². The van der Waals surface area contributed by atoms with E-state index in [1.165, 1.54) is 0 Å². The molecule has 0 saturated carbocycles. The number of amides is 2. The number of rotatable bonds is 3. The van der Waals surface area contributed by atoms with E-state index >= 15 is 0 Å². The molecule has 2 aliphatic heterocycles. The Kier molecular flexibility index (Phi) is 3.89. The van der Waals surface area contributed by atoms with Crippen molar-refractivity contribution in [1.29, 1.82) is 0 Å². The largest absolute Gasteiger partial charge is 0.352 e. The number of aromatic nitrogens is 2. The van der Waals surface area contributed by atoms with E-state index in [2.05, 4.69) is 27.1 Å². The van der Waals surface area contributed by atoms with Crippen LogP contribution < -0.4 is 10.2 Å². The normalized spacial score (nSPS) is 21.5. The standard InChI is InChI=1S/C14H20ClN5O/c1-3-4-11-17-12(15)9(2)13(18-11)19-5-6-20-10(8-19)7-16-14(20)21/h10H,3-8H2,1-2H3,(H,16,21). The number of nitrogens with one attached hydrogen (secondary N) is 1. The van der Waals surface area contributed by atoms with Gasteiger partial charge in [0.05, 0.1) is 6.04 Å². The molecule has 3 heterocycles. The van der Waals surface area contributed by atoms with Gasteiger partial charge in [-0.15, -0.1) is 0 Å². The van der Waals surface area contributed by atoms with Crippen LogP contribution in [0.4, 0.5) is 10.6 Å². The molecule has 1 aromatic rings. The number of carbonyl (C=O) groups excluding carboxylic acids is 1. The van der Waals surface area contributed by atoms with Crippen LogP contribution >= 0.6 is 11.6 Å². The minimum absolute atomic E-state index is 0.0452. The first kappa shape index (κ1) is 14.4. The zero-order chi connectivity index (χ0) is 15.0. The van der Waals surface area contributed by atoms with E-state index in [1.807, 2.05) is 11.8 Å². The van der Waals surface area contributed by atoms with Crippen molar-refractivity contribution in [2.75, 3.05) is 31.1 Å². The quantitative estimate of drug-likeness (QED) is 0.862. The van der Waals surface area contributed by atoms with Gasteiger partial charge in [-0.2, -0.15) is 0 Å². The number of halogens is 1. The first-order valence-electron chi connectivity index (χ1n) is 7.42. The number of fused-ring (bicyclic) bond motifs is 1. The predicted octanol–water partition coefficient (Wildman–Crippen LogP) is 1.60. The van der Waals surface area contributed by atoms with Crippen molar-refractivity contribution in [3.8, 4) is 0 Å². The van der Waals surface area contributed by atoms with Gasteiger partial charge in [0.25, 0.3) is 0 Å². The van der Waals surface area contributed by atoms with Crippen LogP contribution in [-0.4, -0.2) is 53.1 Å². The summed E-state index contributed by atoms with van der Waals surface area (Å²) in [6, 6.07) is 0.262. The molecule has 2 aliphatic rings. The molecule has 0 spiro atoms. The van der Waals surface area contributed by atoms with Gasteiger partial charge in [0, 0.05) is 38.2 Å². The summed E-state index contributed by atoms with van der Waals surface area (Å²) < 4.78 is 0. The van der Waals surface area contributed by atoms with E-state index in [0.29, 0.717) is 11.7 Å². The van der Waals surface area contributed by atoms with Crippen LogP contribution in [0.5, 0.6) is 0 Å². The lowest BCUT2D eigenvalue weighted by Crippen LogP contribution is -2.52. The summed E-state index contributed by atoms with van der Waals surface area (Å²) in [7, 11) is 0. The Balaban J connectivity index is 1.85. The first-order chi connectivity index (χ1) is 10.1. The summed E-state index contributed by atoms with van der Waals surface area (Å²) in [5.74, 6) is 1.71. The van der Waals surface area contributed by atoms with Crippen molar-refractivity contribution in [2.24, 2.45) is 0 Å². The van der Waals surface area contributed by atoms with E-state index in [0.717, 1.165) is 49.7 Å². The third kappa shape index (κ3) is 2.64. The summed E-state index contributed by atoms with van der Waals surface area (Å²) >= 11 is 6.25. The summed E-state index contributed by atoms with van der Waals surface area (Å²) in [6.07, 6.45) is 1.82. The molecule has 1 atom stereocenters. The second-order valence-electron chi connectivity index (χ2n) is 5.61. The van der Waals surface area contributed by atoms with E-state index in [1.54, 1.807) is 0 Å². The molecule has 1 unspecified atom stereocenters. The maximum Gasteiger partial charge on any atom is 0.317 e. The lowest BCUT2D eigenvalue weighted by atomic mass is 10.2. The average Bonchev–Trinajstić information content (AvgIpc) is 2.84. The Labute approximate surface area is 129 Å². The van der Waals surface area contributed by atoms with Crippen LogP contribution in [0, 0.1) is 6.92 Å². The smallest absolute Gasteiger partial charge is 0.317 e. The number of aryl methyl sites for hydroxylation is 1. The Morgan fingerprint density at radius 1 is 1.38 bits per heavy atom. The van der Waals surface area contributed by atoms with Gasteiger partial charge in [-0.1, -0.05) is 18.5 Å². The molecule has 21 heavy (non-hydrogen) atoms. The van der Waals surface area contributed by atoms with Gasteiger partial charge < -0.3 is 15.1 Å². The molecule has 2 saturated heterocycles. The zero-order valence-corrected chi connectivity index (χ0v) is 13.2. The molecule has 1 aromatic heterocycles. The van der Waals surface area contributed by atoms with E-state index in [4.69, 9.17) is 11.6 Å². The highest BCUT2D eigenvalue weighted by atomic mass is 35.5. The molecular weight excluding hydrogens is 290 g/mol. The minimum Gasteiger partial charge on any atom is -0.352 e. The fourth-order valence-electron chi connectivity index (χ4n) is 2.96. The van der Waals surface area contributed by atoms with Crippen molar-refractivity contribution in [3.63, 3.8) is 0 Å². The van der Waals surface area contributed by atoms with Crippen LogP contribution in [0.15, 0.2) is 0 Å². The van der Waals surface area contributed by atoms with Crippen molar-refractivity contribution in [3.05, 3.63) is 16.5 Å². The Morgan fingerprint density at radius 3 is 2.95 bits per heavy atom. The van der Waals surface area contributed by atoms with Gasteiger partial charge in [0.2, 0.25) is 0 Å². The maximum absolute atomic E-state index is 11.7. The van der Waals surface area contributed by atoms with E-state index in [9.17, 15) is 4.79 Å². The molecular formula is C14H20ClN5O. The summed E-state index contributed by atoms with van der Waals surface area (Å²) in [5.41, 5.74) is 0.919. The monoisotopic (exact) mass is 309 g/mol. The van der Waals surface area contributed by atoms with Gasteiger partial charge in [-0.25, -0.2) is 14.8 Å². The third-order valence-corrected chi connectivity index (χ3v) is 4.48. The highest BCUT2D eigenvalue weighted by Gasteiger charge is 2.36. The Bertz CT molecular complexity index is 565. The lowest BCUT2D eigenvalue weighted by Gasteiger charge is -2.37. The molecule has 7 heteroatoms. The predicted molar refractivity (Wildman–Crippen MR) is 81.9 cm³/mol. The number of hydrogen-bond donors (Lipinski definition) is 1. The topological polar surface area (TPSA) is 61.4 Å². The van der Waals surface area contributed by atoms with E-state index in [-0.39, 0.29) is 12.1 Å². The molecule has 0 aromatic carbocycles. The SMILES string of the molecule is CCCc1nc(Cl)c(C)c(N2CCN3C(=O)NCC3C2)n1. The third-order valence-electron chi connectivity index (χ3n) is 4.11. The number of piperazine rings is 1. The lowest BCUT2D eigenvalue weighted by molar-refractivity contribution is 0.197.